The van der Waals surface area contributed by atoms with Crippen LogP contribution in [0.15, 0.2) is 58.7 Å². The van der Waals surface area contributed by atoms with Crippen molar-refractivity contribution in [2.24, 2.45) is 4.99 Å². The summed E-state index contributed by atoms with van der Waals surface area (Å²) >= 11 is 0. The number of benzene rings is 1. The smallest absolute Gasteiger partial charge is 0.191 e. The van der Waals surface area contributed by atoms with Crippen LogP contribution in [0.4, 0.5) is 4.39 Å². The first-order chi connectivity index (χ1) is 11.2. The molecule has 0 aliphatic rings. The molecule has 0 saturated carbocycles. The van der Waals surface area contributed by atoms with E-state index in [1.807, 2.05) is 18.2 Å². The predicted octanol–water partition coefficient (Wildman–Crippen LogP) is 3.81. The molecule has 0 radical (unpaired) electrons. The highest BCUT2D eigenvalue weighted by Crippen LogP contribution is 2.10. The van der Waals surface area contributed by atoms with Gasteiger partial charge in [0, 0.05) is 19.5 Å². The van der Waals surface area contributed by atoms with E-state index in [1.165, 1.54) is 6.07 Å². The summed E-state index contributed by atoms with van der Waals surface area (Å²) in [5, 5.41) is 6.41. The Labute approximate surface area is 159 Å². The van der Waals surface area contributed by atoms with Crippen LogP contribution in [0.5, 0.6) is 0 Å². The summed E-state index contributed by atoms with van der Waals surface area (Å²) in [4.78, 5) is 4.51. The third-order valence-corrected chi connectivity index (χ3v) is 3.30. The van der Waals surface area contributed by atoms with Crippen LogP contribution in [0.2, 0.25) is 0 Å². The summed E-state index contributed by atoms with van der Waals surface area (Å²) in [6, 6.07) is 8.85. The molecule has 1 aromatic heterocycles. The molecule has 0 aliphatic heterocycles. The van der Waals surface area contributed by atoms with Crippen molar-refractivity contribution < 1.29 is 8.81 Å². The molecular formula is C18H23FIN3O. The van der Waals surface area contributed by atoms with Gasteiger partial charge < -0.3 is 15.1 Å². The van der Waals surface area contributed by atoms with E-state index < -0.39 is 0 Å². The zero-order valence-electron chi connectivity index (χ0n) is 13.7. The van der Waals surface area contributed by atoms with E-state index in [-0.39, 0.29) is 29.8 Å². The number of aryl methyl sites for hydroxylation is 1. The number of furan rings is 1. The number of nitrogens with zero attached hydrogens (tertiary/aromatic N) is 1. The van der Waals surface area contributed by atoms with Gasteiger partial charge in [-0.15, -0.1) is 30.6 Å². The summed E-state index contributed by atoms with van der Waals surface area (Å²) < 4.78 is 18.6. The maximum absolute atomic E-state index is 13.3. The number of hydrogen-bond donors (Lipinski definition) is 2. The highest BCUT2D eigenvalue weighted by molar-refractivity contribution is 14.0. The largest absolute Gasteiger partial charge is 0.469 e. The molecule has 6 heteroatoms. The summed E-state index contributed by atoms with van der Waals surface area (Å²) in [5.74, 6) is 1.42. The van der Waals surface area contributed by atoms with Gasteiger partial charge in [0.05, 0.1) is 12.8 Å². The lowest BCUT2D eigenvalue weighted by atomic mass is 10.1. The van der Waals surface area contributed by atoms with E-state index in [9.17, 15) is 4.39 Å². The Kier molecular flexibility index (Phi) is 9.14. The molecule has 1 heterocycles. The van der Waals surface area contributed by atoms with Crippen molar-refractivity contribution in [1.29, 1.82) is 0 Å². The standard InChI is InChI=1S/C18H22FN3O.HI/c1-3-9-20-18(21-10-8-16-5-4-11-23-16)22-13-15-6-7-17(19)14(2)12-15;/h3-7,11-12H,1,8-10,13H2,2H3,(H2,20,21,22);1H. The Morgan fingerprint density at radius 1 is 1.33 bits per heavy atom. The maximum atomic E-state index is 13.3. The van der Waals surface area contributed by atoms with Crippen molar-refractivity contribution in [3.05, 3.63) is 72.0 Å². The lowest BCUT2D eigenvalue weighted by Crippen LogP contribution is -2.38. The molecule has 1 aromatic carbocycles. The molecule has 2 N–H and O–H groups in total. The lowest BCUT2D eigenvalue weighted by Gasteiger charge is -2.11. The Morgan fingerprint density at radius 2 is 2.17 bits per heavy atom. The van der Waals surface area contributed by atoms with Crippen LogP contribution < -0.4 is 10.6 Å². The number of hydrogen-bond acceptors (Lipinski definition) is 2. The number of guanidine groups is 1. The van der Waals surface area contributed by atoms with Gasteiger partial charge in [-0.1, -0.05) is 18.2 Å². The van der Waals surface area contributed by atoms with Gasteiger partial charge in [0.1, 0.15) is 11.6 Å². The fourth-order valence-corrected chi connectivity index (χ4v) is 2.08. The van der Waals surface area contributed by atoms with Crippen molar-refractivity contribution in [1.82, 2.24) is 10.6 Å². The van der Waals surface area contributed by atoms with E-state index in [4.69, 9.17) is 4.42 Å². The highest BCUT2D eigenvalue weighted by Gasteiger charge is 2.01. The fraction of sp³-hybridized carbons (Fsp3) is 0.278. The topological polar surface area (TPSA) is 49.6 Å². The van der Waals surface area contributed by atoms with E-state index >= 15 is 0 Å². The second kappa shape index (κ2) is 10.9. The first-order valence-corrected chi connectivity index (χ1v) is 7.59. The third-order valence-electron chi connectivity index (χ3n) is 3.30. The van der Waals surface area contributed by atoms with Crippen LogP contribution in [0.25, 0.3) is 0 Å². The molecule has 24 heavy (non-hydrogen) atoms. The molecule has 0 amide bonds. The summed E-state index contributed by atoms with van der Waals surface area (Å²) in [6.45, 7) is 7.25. The summed E-state index contributed by atoms with van der Waals surface area (Å²) in [5.41, 5.74) is 1.60. The fourth-order valence-electron chi connectivity index (χ4n) is 2.08. The second-order valence-corrected chi connectivity index (χ2v) is 5.17. The second-order valence-electron chi connectivity index (χ2n) is 5.17. The monoisotopic (exact) mass is 443 g/mol. The van der Waals surface area contributed by atoms with Crippen LogP contribution in [0.1, 0.15) is 16.9 Å². The number of halogens is 2. The first-order valence-electron chi connectivity index (χ1n) is 7.59. The van der Waals surface area contributed by atoms with Gasteiger partial charge in [-0.3, -0.25) is 0 Å². The molecule has 2 rings (SSSR count). The van der Waals surface area contributed by atoms with Gasteiger partial charge in [-0.05, 0) is 36.2 Å². The maximum Gasteiger partial charge on any atom is 0.191 e. The number of aliphatic imine (C=N–C) groups is 1. The Morgan fingerprint density at radius 3 is 2.83 bits per heavy atom. The van der Waals surface area contributed by atoms with Crippen LogP contribution in [0, 0.1) is 12.7 Å². The van der Waals surface area contributed by atoms with Gasteiger partial charge in [0.15, 0.2) is 5.96 Å². The van der Waals surface area contributed by atoms with E-state index in [0.717, 1.165) is 17.7 Å². The minimum atomic E-state index is -0.195. The quantitative estimate of drug-likeness (QED) is 0.296. The number of nitrogens with one attached hydrogen (secondary N) is 2. The van der Waals surface area contributed by atoms with Crippen molar-refractivity contribution in [3.8, 4) is 0 Å². The van der Waals surface area contributed by atoms with Gasteiger partial charge in [-0.2, -0.15) is 0 Å². The van der Waals surface area contributed by atoms with Crippen molar-refractivity contribution in [3.63, 3.8) is 0 Å². The highest BCUT2D eigenvalue weighted by atomic mass is 127. The van der Waals surface area contributed by atoms with E-state index in [2.05, 4.69) is 22.2 Å². The third kappa shape index (κ3) is 6.74. The summed E-state index contributed by atoms with van der Waals surface area (Å²) in [7, 11) is 0. The minimum Gasteiger partial charge on any atom is -0.469 e. The molecule has 2 aromatic rings. The molecule has 0 fully saturated rings. The van der Waals surface area contributed by atoms with Crippen molar-refractivity contribution in [2.45, 2.75) is 19.9 Å². The number of rotatable bonds is 7. The van der Waals surface area contributed by atoms with Gasteiger partial charge in [0.25, 0.3) is 0 Å². The molecule has 0 spiro atoms. The zero-order chi connectivity index (χ0) is 16.5. The van der Waals surface area contributed by atoms with Crippen LogP contribution >= 0.6 is 24.0 Å². The van der Waals surface area contributed by atoms with Gasteiger partial charge in [-0.25, -0.2) is 9.38 Å². The molecule has 0 saturated heterocycles. The van der Waals surface area contributed by atoms with Gasteiger partial charge in [0.2, 0.25) is 0 Å². The Bertz CT molecular complexity index is 656. The van der Waals surface area contributed by atoms with Gasteiger partial charge >= 0.3 is 0 Å². The normalized spacial score (nSPS) is 10.8. The SMILES string of the molecule is C=CCNC(=NCc1ccc(F)c(C)c1)NCCc1ccco1.I. The molecule has 130 valence electrons. The molecule has 0 aliphatic carbocycles. The predicted molar refractivity (Wildman–Crippen MR) is 106 cm³/mol. The molecule has 0 atom stereocenters. The summed E-state index contributed by atoms with van der Waals surface area (Å²) in [6.07, 6.45) is 4.21. The zero-order valence-corrected chi connectivity index (χ0v) is 16.0. The van der Waals surface area contributed by atoms with Crippen LogP contribution in [-0.4, -0.2) is 19.0 Å². The molecular weight excluding hydrogens is 420 g/mol. The van der Waals surface area contributed by atoms with Crippen LogP contribution in [0.3, 0.4) is 0 Å². The average molecular weight is 443 g/mol. The Balaban J connectivity index is 0.00000288. The average Bonchev–Trinajstić information content (AvgIpc) is 3.06. The van der Waals surface area contributed by atoms with Crippen LogP contribution in [-0.2, 0) is 13.0 Å². The lowest BCUT2D eigenvalue weighted by molar-refractivity contribution is 0.507. The first kappa shape index (κ1) is 20.2. The van der Waals surface area contributed by atoms with Crippen molar-refractivity contribution in [2.75, 3.05) is 13.1 Å². The molecule has 0 unspecified atom stereocenters. The minimum absolute atomic E-state index is 0. The van der Waals surface area contributed by atoms with E-state index in [0.29, 0.717) is 31.2 Å². The van der Waals surface area contributed by atoms with Crippen molar-refractivity contribution >= 4 is 29.9 Å². The molecule has 4 nitrogen and oxygen atoms in total. The Hall–Kier alpha value is -1.83. The molecule has 0 bridgehead atoms. The van der Waals surface area contributed by atoms with E-state index in [1.54, 1.807) is 25.3 Å².